The van der Waals surface area contributed by atoms with E-state index in [4.69, 9.17) is 37.4 Å². The van der Waals surface area contributed by atoms with Crippen LogP contribution in [0.1, 0.15) is 16.7 Å². The Balaban J connectivity index is 1.31. The first-order chi connectivity index (χ1) is 16.9. The summed E-state index contributed by atoms with van der Waals surface area (Å²) in [6.07, 6.45) is 1.61. The molecule has 178 valence electrons. The number of carbonyl (C=O) groups excluding carboxylic acids is 2. The number of halogens is 3. The van der Waals surface area contributed by atoms with E-state index in [1.54, 1.807) is 48.5 Å². The van der Waals surface area contributed by atoms with Crippen LogP contribution in [0.15, 0.2) is 59.5 Å². The molecule has 6 nitrogen and oxygen atoms in total. The molecule has 0 spiro atoms. The number of thioether (sulfide) groups is 1. The van der Waals surface area contributed by atoms with Gasteiger partial charge in [0.1, 0.15) is 18.2 Å². The maximum absolute atomic E-state index is 14.0. The number of imide groups is 1. The number of amides is 2. The summed E-state index contributed by atoms with van der Waals surface area (Å²) in [6, 6.07) is 14.6. The number of hydrogen-bond donors (Lipinski definition) is 0. The molecule has 0 radical (unpaired) electrons. The molecule has 2 amide bonds. The fourth-order valence-corrected chi connectivity index (χ4v) is 4.83. The second kappa shape index (κ2) is 9.81. The van der Waals surface area contributed by atoms with Crippen molar-refractivity contribution in [3.63, 3.8) is 0 Å². The van der Waals surface area contributed by atoms with Crippen molar-refractivity contribution in [2.24, 2.45) is 0 Å². The average molecular weight is 532 g/mol. The maximum Gasteiger partial charge on any atom is 0.293 e. The summed E-state index contributed by atoms with van der Waals surface area (Å²) in [5.41, 5.74) is 1.47. The van der Waals surface area contributed by atoms with Gasteiger partial charge in [-0.1, -0.05) is 41.4 Å². The molecule has 0 saturated carbocycles. The Morgan fingerprint density at radius 2 is 1.80 bits per heavy atom. The Hall–Kier alpha value is -3.20. The third-order valence-corrected chi connectivity index (χ3v) is 6.96. The van der Waals surface area contributed by atoms with Gasteiger partial charge in [-0.25, -0.2) is 4.39 Å². The van der Waals surface area contributed by atoms with E-state index in [0.717, 1.165) is 16.7 Å². The van der Waals surface area contributed by atoms with E-state index in [0.29, 0.717) is 33.4 Å². The zero-order valence-electron chi connectivity index (χ0n) is 17.9. The molecule has 2 aliphatic rings. The van der Waals surface area contributed by atoms with E-state index in [2.05, 4.69) is 0 Å². The van der Waals surface area contributed by atoms with Gasteiger partial charge in [0.25, 0.3) is 11.1 Å². The second-order valence-corrected chi connectivity index (χ2v) is 9.43. The minimum atomic E-state index is -0.454. The topological polar surface area (TPSA) is 65.1 Å². The van der Waals surface area contributed by atoms with Crippen LogP contribution in [-0.4, -0.2) is 22.8 Å². The van der Waals surface area contributed by atoms with Crippen LogP contribution >= 0.6 is 35.0 Å². The number of ether oxygens (including phenoxy) is 3. The molecule has 0 N–H and O–H groups in total. The van der Waals surface area contributed by atoms with Crippen LogP contribution in [0.25, 0.3) is 6.08 Å². The fourth-order valence-electron chi connectivity index (χ4n) is 3.56. The zero-order chi connectivity index (χ0) is 24.5. The molecule has 5 rings (SSSR count). The van der Waals surface area contributed by atoms with Crippen molar-refractivity contribution >= 4 is 52.2 Å². The highest BCUT2D eigenvalue weighted by Crippen LogP contribution is 2.39. The molecule has 35 heavy (non-hydrogen) atoms. The van der Waals surface area contributed by atoms with Gasteiger partial charge in [-0.05, 0) is 59.3 Å². The number of benzene rings is 3. The molecule has 3 aromatic carbocycles. The van der Waals surface area contributed by atoms with Crippen molar-refractivity contribution in [3.05, 3.63) is 92.1 Å². The molecule has 1 fully saturated rings. The molecular formula is C25H16Cl2FNO5S. The minimum Gasteiger partial charge on any atom is -0.489 e. The highest BCUT2D eigenvalue weighted by Gasteiger charge is 2.35. The lowest BCUT2D eigenvalue weighted by atomic mass is 10.1. The Morgan fingerprint density at radius 1 is 1.03 bits per heavy atom. The van der Waals surface area contributed by atoms with Gasteiger partial charge >= 0.3 is 0 Å². The second-order valence-electron chi connectivity index (χ2n) is 7.63. The monoisotopic (exact) mass is 531 g/mol. The van der Waals surface area contributed by atoms with Gasteiger partial charge in [0.15, 0.2) is 11.5 Å². The van der Waals surface area contributed by atoms with Crippen LogP contribution in [0.5, 0.6) is 17.2 Å². The number of hydrogen-bond acceptors (Lipinski definition) is 6. The van der Waals surface area contributed by atoms with E-state index < -0.39 is 17.0 Å². The first-order valence-corrected chi connectivity index (χ1v) is 12.0. The van der Waals surface area contributed by atoms with Crippen LogP contribution in [0.2, 0.25) is 10.0 Å². The zero-order valence-corrected chi connectivity index (χ0v) is 20.3. The Bertz CT molecular complexity index is 1360. The molecule has 0 aliphatic carbocycles. The third-order valence-electron chi connectivity index (χ3n) is 5.34. The summed E-state index contributed by atoms with van der Waals surface area (Å²) >= 11 is 13.2. The van der Waals surface area contributed by atoms with Gasteiger partial charge in [0.2, 0.25) is 6.79 Å². The van der Waals surface area contributed by atoms with E-state index in [9.17, 15) is 14.0 Å². The van der Waals surface area contributed by atoms with Crippen molar-refractivity contribution < 1.29 is 28.2 Å². The Labute approximate surface area is 214 Å². The number of fused-ring (bicyclic) bond motifs is 1. The lowest BCUT2D eigenvalue weighted by Crippen LogP contribution is -2.27. The number of carbonyl (C=O) groups is 2. The molecule has 10 heteroatoms. The molecule has 1 saturated heterocycles. The van der Waals surface area contributed by atoms with Crippen molar-refractivity contribution in [2.45, 2.75) is 13.2 Å². The van der Waals surface area contributed by atoms with Crippen molar-refractivity contribution in [1.82, 2.24) is 4.90 Å². The average Bonchev–Trinajstić information content (AvgIpc) is 3.38. The van der Waals surface area contributed by atoms with E-state index in [1.165, 1.54) is 12.1 Å². The fraction of sp³-hybridized carbons (Fsp3) is 0.120. The van der Waals surface area contributed by atoms with E-state index in [-0.39, 0.29) is 35.4 Å². The van der Waals surface area contributed by atoms with Gasteiger partial charge in [0, 0.05) is 16.7 Å². The molecular weight excluding hydrogens is 516 g/mol. The molecule has 0 unspecified atom stereocenters. The maximum atomic E-state index is 14.0. The van der Waals surface area contributed by atoms with E-state index in [1.807, 2.05) is 0 Å². The molecule has 0 aromatic heterocycles. The van der Waals surface area contributed by atoms with Crippen LogP contribution in [0.4, 0.5) is 9.18 Å². The van der Waals surface area contributed by atoms with Crippen LogP contribution < -0.4 is 14.2 Å². The summed E-state index contributed by atoms with van der Waals surface area (Å²) in [5, 5.41) is 0.242. The molecule has 2 aliphatic heterocycles. The van der Waals surface area contributed by atoms with Crippen LogP contribution in [-0.2, 0) is 17.9 Å². The first kappa shape index (κ1) is 23.5. The normalized spacial score (nSPS) is 15.9. The van der Waals surface area contributed by atoms with Crippen LogP contribution in [0.3, 0.4) is 0 Å². The summed E-state index contributed by atoms with van der Waals surface area (Å²) < 4.78 is 30.3. The smallest absolute Gasteiger partial charge is 0.293 e. The number of rotatable bonds is 6. The lowest BCUT2D eigenvalue weighted by Gasteiger charge is -2.14. The minimum absolute atomic E-state index is 0.00400. The number of nitrogens with zero attached hydrogens (tertiary/aromatic N) is 1. The predicted molar refractivity (Wildman–Crippen MR) is 131 cm³/mol. The molecule has 0 atom stereocenters. The standard InChI is InChI=1S/C25H16Cl2FNO5S/c26-18-5-2-6-20(28)17(18)12-32-16-4-1-3-14(7-16)8-23-24(30)29(25(31)35-23)11-15-9-21-22(10-19(15)27)34-13-33-21/h1-10H,11-13H2/b23-8+. The van der Waals surface area contributed by atoms with Crippen molar-refractivity contribution in [3.8, 4) is 17.2 Å². The summed E-state index contributed by atoms with van der Waals surface area (Å²) in [5.74, 6) is 0.611. The molecule has 2 heterocycles. The van der Waals surface area contributed by atoms with E-state index >= 15 is 0 Å². The van der Waals surface area contributed by atoms with Gasteiger partial charge in [0.05, 0.1) is 16.5 Å². The van der Waals surface area contributed by atoms with Gasteiger partial charge in [-0.3, -0.25) is 14.5 Å². The van der Waals surface area contributed by atoms with Crippen LogP contribution in [0, 0.1) is 5.82 Å². The summed E-state index contributed by atoms with van der Waals surface area (Å²) in [4.78, 5) is 26.9. The van der Waals surface area contributed by atoms with Gasteiger partial charge < -0.3 is 14.2 Å². The van der Waals surface area contributed by atoms with Crippen molar-refractivity contribution in [2.75, 3.05) is 6.79 Å². The largest absolute Gasteiger partial charge is 0.489 e. The van der Waals surface area contributed by atoms with Gasteiger partial charge in [-0.2, -0.15) is 0 Å². The molecule has 0 bridgehead atoms. The SMILES string of the molecule is O=C1S/C(=C/c2cccc(OCc3c(F)cccc3Cl)c2)C(=O)N1Cc1cc2c(cc1Cl)OCO2. The highest BCUT2D eigenvalue weighted by atomic mass is 35.5. The quantitative estimate of drug-likeness (QED) is 0.330. The third kappa shape index (κ3) is 4.96. The predicted octanol–water partition coefficient (Wildman–Crippen LogP) is 6.68. The molecule has 3 aromatic rings. The Kier molecular flexibility index (Phi) is 6.60. The summed E-state index contributed by atoms with van der Waals surface area (Å²) in [6.45, 7) is 0.0430. The first-order valence-electron chi connectivity index (χ1n) is 10.4. The van der Waals surface area contributed by atoms with Crippen molar-refractivity contribution in [1.29, 1.82) is 0 Å². The Morgan fingerprint density at radius 3 is 2.60 bits per heavy atom. The highest BCUT2D eigenvalue weighted by molar-refractivity contribution is 8.18. The van der Waals surface area contributed by atoms with Gasteiger partial charge in [-0.15, -0.1) is 0 Å². The lowest BCUT2D eigenvalue weighted by molar-refractivity contribution is -0.123. The summed E-state index contributed by atoms with van der Waals surface area (Å²) in [7, 11) is 0.